The number of carbonyl (C=O) groups excluding carboxylic acids is 1. The first-order valence-electron chi connectivity index (χ1n) is 4.93. The first kappa shape index (κ1) is 10.1. The molecule has 0 aromatic heterocycles. The molecule has 0 radical (unpaired) electrons. The number of amides is 1. The van der Waals surface area contributed by atoms with Crippen LogP contribution in [0.3, 0.4) is 0 Å². The largest absolute Gasteiger partial charge is 0.339 e. The van der Waals surface area contributed by atoms with E-state index in [0.717, 1.165) is 25.0 Å². The van der Waals surface area contributed by atoms with Crippen LogP contribution < -0.4 is 0 Å². The van der Waals surface area contributed by atoms with Crippen LogP contribution in [0.4, 0.5) is 8.78 Å². The minimum Gasteiger partial charge on any atom is -0.339 e. The molecule has 0 bridgehead atoms. The lowest BCUT2D eigenvalue weighted by atomic mass is 10.2. The molecule has 4 heteroatoms. The molecule has 0 saturated carbocycles. The summed E-state index contributed by atoms with van der Waals surface area (Å²) in [7, 11) is 0. The molecule has 2 rings (SSSR count). The molecule has 1 heterocycles. The Kier molecular flexibility index (Phi) is 2.66. The fourth-order valence-corrected chi connectivity index (χ4v) is 1.73. The number of rotatable bonds is 1. The summed E-state index contributed by atoms with van der Waals surface area (Å²) in [5, 5.41) is 0. The highest BCUT2D eigenvalue weighted by atomic mass is 19.2. The molecule has 1 aromatic carbocycles. The van der Waals surface area contributed by atoms with Crippen LogP contribution in [0.5, 0.6) is 0 Å². The Bertz CT molecular complexity index is 386. The molecule has 15 heavy (non-hydrogen) atoms. The van der Waals surface area contributed by atoms with Gasteiger partial charge in [-0.15, -0.1) is 0 Å². The van der Waals surface area contributed by atoms with Crippen molar-refractivity contribution in [3.05, 3.63) is 35.4 Å². The summed E-state index contributed by atoms with van der Waals surface area (Å²) in [6, 6.07) is 3.26. The highest BCUT2D eigenvalue weighted by molar-refractivity contribution is 5.94. The van der Waals surface area contributed by atoms with Crippen LogP contribution >= 0.6 is 0 Å². The lowest BCUT2D eigenvalue weighted by molar-refractivity contribution is 0.0792. The highest BCUT2D eigenvalue weighted by Gasteiger charge is 2.20. The lowest BCUT2D eigenvalue weighted by Crippen LogP contribution is -2.27. The summed E-state index contributed by atoms with van der Waals surface area (Å²) in [5.41, 5.74) is 0.218. The van der Waals surface area contributed by atoms with Crippen LogP contribution in [-0.4, -0.2) is 23.9 Å². The fraction of sp³-hybridized carbons (Fsp3) is 0.364. The summed E-state index contributed by atoms with van der Waals surface area (Å²) < 4.78 is 25.5. The summed E-state index contributed by atoms with van der Waals surface area (Å²) in [4.78, 5) is 13.4. The maximum absolute atomic E-state index is 12.9. The van der Waals surface area contributed by atoms with Crippen molar-refractivity contribution in [2.24, 2.45) is 0 Å². The average Bonchev–Trinajstić information content (AvgIpc) is 2.74. The van der Waals surface area contributed by atoms with E-state index in [1.807, 2.05) is 0 Å². The highest BCUT2D eigenvalue weighted by Crippen LogP contribution is 2.15. The molecule has 2 nitrogen and oxygen atoms in total. The summed E-state index contributed by atoms with van der Waals surface area (Å²) in [5.74, 6) is -2.11. The number of halogens is 2. The first-order chi connectivity index (χ1) is 7.18. The normalized spacial score (nSPS) is 15.7. The Hall–Kier alpha value is -1.45. The Morgan fingerprint density at radius 1 is 1.13 bits per heavy atom. The maximum atomic E-state index is 12.9. The van der Waals surface area contributed by atoms with Crippen LogP contribution in [0.1, 0.15) is 23.2 Å². The van der Waals surface area contributed by atoms with Gasteiger partial charge in [0.05, 0.1) is 0 Å². The van der Waals surface area contributed by atoms with Gasteiger partial charge < -0.3 is 4.90 Å². The third kappa shape index (κ3) is 1.98. The molecule has 1 fully saturated rings. The third-order valence-corrected chi connectivity index (χ3v) is 2.56. The summed E-state index contributed by atoms with van der Waals surface area (Å²) in [6.45, 7) is 1.41. The van der Waals surface area contributed by atoms with Crippen molar-refractivity contribution in [2.75, 3.05) is 13.1 Å². The molecular formula is C11H11F2NO. The van der Waals surface area contributed by atoms with Crippen molar-refractivity contribution >= 4 is 5.91 Å². The third-order valence-electron chi connectivity index (χ3n) is 2.56. The van der Waals surface area contributed by atoms with Crippen LogP contribution in [0, 0.1) is 11.6 Å². The van der Waals surface area contributed by atoms with E-state index in [0.29, 0.717) is 13.1 Å². The fourth-order valence-electron chi connectivity index (χ4n) is 1.73. The molecule has 1 aliphatic rings. The van der Waals surface area contributed by atoms with E-state index < -0.39 is 11.6 Å². The van der Waals surface area contributed by atoms with Crippen LogP contribution in [-0.2, 0) is 0 Å². The predicted molar refractivity (Wildman–Crippen MR) is 51.5 cm³/mol. The molecule has 0 unspecified atom stereocenters. The van der Waals surface area contributed by atoms with Crippen LogP contribution in [0.15, 0.2) is 18.2 Å². The van der Waals surface area contributed by atoms with Gasteiger partial charge in [-0.25, -0.2) is 8.78 Å². The molecule has 1 aromatic rings. The monoisotopic (exact) mass is 211 g/mol. The molecule has 1 saturated heterocycles. The number of hydrogen-bond acceptors (Lipinski definition) is 1. The van der Waals surface area contributed by atoms with Gasteiger partial charge in [0.2, 0.25) is 0 Å². The summed E-state index contributed by atoms with van der Waals surface area (Å²) >= 11 is 0. The second-order valence-electron chi connectivity index (χ2n) is 3.63. The molecule has 0 atom stereocenters. The Balaban J connectivity index is 2.21. The molecule has 0 aliphatic carbocycles. The Morgan fingerprint density at radius 2 is 1.80 bits per heavy atom. The van der Waals surface area contributed by atoms with Gasteiger partial charge in [-0.2, -0.15) is 0 Å². The quantitative estimate of drug-likeness (QED) is 0.697. The number of carbonyl (C=O) groups is 1. The van der Waals surface area contributed by atoms with Gasteiger partial charge in [-0.05, 0) is 31.0 Å². The van der Waals surface area contributed by atoms with Gasteiger partial charge in [0, 0.05) is 18.7 Å². The number of nitrogens with zero attached hydrogens (tertiary/aromatic N) is 1. The summed E-state index contributed by atoms with van der Waals surface area (Å²) in [6.07, 6.45) is 1.96. The minimum absolute atomic E-state index is 0.216. The van der Waals surface area contributed by atoms with Crippen molar-refractivity contribution in [1.29, 1.82) is 0 Å². The van der Waals surface area contributed by atoms with E-state index in [2.05, 4.69) is 0 Å². The van der Waals surface area contributed by atoms with Gasteiger partial charge >= 0.3 is 0 Å². The van der Waals surface area contributed by atoms with Crippen molar-refractivity contribution in [2.45, 2.75) is 12.8 Å². The molecule has 0 N–H and O–H groups in total. The Morgan fingerprint density at radius 3 is 2.40 bits per heavy atom. The van der Waals surface area contributed by atoms with E-state index in [1.165, 1.54) is 6.07 Å². The zero-order valence-electron chi connectivity index (χ0n) is 8.17. The maximum Gasteiger partial charge on any atom is 0.253 e. The standard InChI is InChI=1S/C11H11F2NO/c12-9-4-3-8(7-10(9)13)11(15)14-5-1-2-6-14/h3-4,7H,1-2,5-6H2. The van der Waals surface area contributed by atoms with Crippen molar-refractivity contribution in [3.63, 3.8) is 0 Å². The minimum atomic E-state index is -0.972. The topological polar surface area (TPSA) is 20.3 Å². The first-order valence-corrected chi connectivity index (χ1v) is 4.93. The van der Waals surface area contributed by atoms with Crippen LogP contribution in [0.25, 0.3) is 0 Å². The van der Waals surface area contributed by atoms with Crippen molar-refractivity contribution < 1.29 is 13.6 Å². The van der Waals surface area contributed by atoms with E-state index in [9.17, 15) is 13.6 Å². The van der Waals surface area contributed by atoms with E-state index in [1.54, 1.807) is 4.90 Å². The lowest BCUT2D eigenvalue weighted by Gasteiger charge is -2.14. The average molecular weight is 211 g/mol. The molecule has 0 spiro atoms. The molecule has 1 aliphatic heterocycles. The number of likely N-dealkylation sites (tertiary alicyclic amines) is 1. The van der Waals surface area contributed by atoms with E-state index >= 15 is 0 Å². The van der Waals surface area contributed by atoms with Gasteiger partial charge in [0.25, 0.3) is 5.91 Å². The van der Waals surface area contributed by atoms with Crippen molar-refractivity contribution in [3.8, 4) is 0 Å². The second kappa shape index (κ2) is 3.96. The SMILES string of the molecule is O=C(c1ccc(F)c(F)c1)N1CCCC1. The van der Waals surface area contributed by atoms with Gasteiger partial charge in [-0.3, -0.25) is 4.79 Å². The van der Waals surface area contributed by atoms with Crippen LogP contribution in [0.2, 0.25) is 0 Å². The van der Waals surface area contributed by atoms with Gasteiger partial charge in [0.1, 0.15) is 0 Å². The Labute approximate surface area is 86.5 Å². The van der Waals surface area contributed by atoms with Crippen molar-refractivity contribution in [1.82, 2.24) is 4.90 Å². The molecule has 1 amide bonds. The van der Waals surface area contributed by atoms with E-state index in [-0.39, 0.29) is 11.5 Å². The predicted octanol–water partition coefficient (Wildman–Crippen LogP) is 2.20. The number of benzene rings is 1. The number of hydrogen-bond donors (Lipinski definition) is 0. The zero-order valence-corrected chi connectivity index (χ0v) is 8.17. The van der Waals surface area contributed by atoms with Gasteiger partial charge in [0.15, 0.2) is 11.6 Å². The zero-order chi connectivity index (χ0) is 10.8. The molecular weight excluding hydrogens is 200 g/mol. The van der Waals surface area contributed by atoms with Gasteiger partial charge in [-0.1, -0.05) is 0 Å². The second-order valence-corrected chi connectivity index (χ2v) is 3.63. The smallest absolute Gasteiger partial charge is 0.253 e. The molecule has 80 valence electrons. The van der Waals surface area contributed by atoms with E-state index in [4.69, 9.17) is 0 Å².